The average Bonchev–Trinajstić information content (AvgIpc) is 2.30. The summed E-state index contributed by atoms with van der Waals surface area (Å²) in [6, 6.07) is 3.35. The predicted octanol–water partition coefficient (Wildman–Crippen LogP) is 0.502. The molecule has 0 amide bonds. The van der Waals surface area contributed by atoms with E-state index in [-0.39, 0.29) is 0 Å². The Morgan fingerprint density at radius 1 is 1.47 bits per heavy atom. The molecule has 0 aliphatic carbocycles. The molecule has 1 aliphatic heterocycles. The van der Waals surface area contributed by atoms with Gasteiger partial charge in [0.25, 0.3) is 0 Å². The van der Waals surface area contributed by atoms with E-state index in [9.17, 15) is 4.39 Å². The third-order valence-corrected chi connectivity index (χ3v) is 2.40. The number of anilines is 1. The lowest BCUT2D eigenvalue weighted by Crippen LogP contribution is -2.43. The zero-order chi connectivity index (χ0) is 10.7. The highest BCUT2D eigenvalue weighted by atomic mass is 19.1. The Morgan fingerprint density at radius 3 is 2.87 bits per heavy atom. The number of rotatable bonds is 1. The van der Waals surface area contributed by atoms with Crippen molar-refractivity contribution in [2.24, 2.45) is 0 Å². The zero-order valence-corrected chi connectivity index (χ0v) is 8.20. The second-order valence-electron chi connectivity index (χ2n) is 3.37. The van der Waals surface area contributed by atoms with E-state index in [1.807, 2.05) is 11.0 Å². The van der Waals surface area contributed by atoms with E-state index in [2.05, 4.69) is 10.3 Å². The van der Waals surface area contributed by atoms with Gasteiger partial charge in [-0.2, -0.15) is 5.26 Å². The lowest BCUT2D eigenvalue weighted by atomic mass is 10.2. The van der Waals surface area contributed by atoms with Gasteiger partial charge in [-0.15, -0.1) is 0 Å². The molecule has 0 atom stereocenters. The molecule has 1 saturated heterocycles. The summed E-state index contributed by atoms with van der Waals surface area (Å²) in [5, 5.41) is 12.1. The first-order valence-corrected chi connectivity index (χ1v) is 4.82. The molecular weight excluding hydrogens is 195 g/mol. The van der Waals surface area contributed by atoms with Gasteiger partial charge >= 0.3 is 0 Å². The van der Waals surface area contributed by atoms with Crippen LogP contribution in [0, 0.1) is 17.1 Å². The van der Waals surface area contributed by atoms with Crippen LogP contribution in [0.5, 0.6) is 0 Å². The van der Waals surface area contributed by atoms with E-state index in [4.69, 9.17) is 5.26 Å². The van der Waals surface area contributed by atoms with Crippen molar-refractivity contribution in [1.29, 1.82) is 5.26 Å². The largest absolute Gasteiger partial charge is 0.367 e. The summed E-state index contributed by atoms with van der Waals surface area (Å²) < 4.78 is 13.0. The lowest BCUT2D eigenvalue weighted by Gasteiger charge is -2.29. The van der Waals surface area contributed by atoms with E-state index in [1.165, 1.54) is 6.07 Å². The van der Waals surface area contributed by atoms with E-state index in [0.717, 1.165) is 32.4 Å². The molecule has 0 saturated carbocycles. The normalized spacial score (nSPS) is 16.1. The van der Waals surface area contributed by atoms with Crippen LogP contribution in [0.15, 0.2) is 12.3 Å². The molecule has 1 N–H and O–H groups in total. The fourth-order valence-corrected chi connectivity index (χ4v) is 1.66. The molecule has 4 nitrogen and oxygen atoms in total. The van der Waals surface area contributed by atoms with Crippen LogP contribution in [0.3, 0.4) is 0 Å². The van der Waals surface area contributed by atoms with E-state index in [1.54, 1.807) is 0 Å². The maximum atomic E-state index is 13.0. The highest BCUT2D eigenvalue weighted by molar-refractivity contribution is 5.56. The third-order valence-electron chi connectivity index (χ3n) is 2.40. The van der Waals surface area contributed by atoms with Crippen molar-refractivity contribution in [3.8, 4) is 6.07 Å². The van der Waals surface area contributed by atoms with Gasteiger partial charge in [0.2, 0.25) is 0 Å². The van der Waals surface area contributed by atoms with Crippen LogP contribution in [-0.2, 0) is 0 Å². The Labute approximate surface area is 87.3 Å². The number of hydrogen-bond donors (Lipinski definition) is 1. The smallest absolute Gasteiger partial charge is 0.163 e. The molecule has 2 rings (SSSR count). The van der Waals surface area contributed by atoms with Crippen molar-refractivity contribution in [1.82, 2.24) is 10.3 Å². The van der Waals surface area contributed by atoms with Gasteiger partial charge in [0.1, 0.15) is 11.9 Å². The predicted molar refractivity (Wildman–Crippen MR) is 54.0 cm³/mol. The molecule has 0 bridgehead atoms. The SMILES string of the molecule is N#Cc1ncc(F)cc1N1CCNCC1. The molecule has 1 aromatic rings. The quantitative estimate of drug-likeness (QED) is 0.727. The first-order valence-electron chi connectivity index (χ1n) is 4.82. The number of aromatic nitrogens is 1. The number of piperazine rings is 1. The summed E-state index contributed by atoms with van der Waals surface area (Å²) in [7, 11) is 0. The molecule has 0 unspecified atom stereocenters. The second-order valence-corrected chi connectivity index (χ2v) is 3.37. The van der Waals surface area contributed by atoms with E-state index < -0.39 is 5.82 Å². The van der Waals surface area contributed by atoms with Gasteiger partial charge in [-0.3, -0.25) is 0 Å². The van der Waals surface area contributed by atoms with Crippen molar-refractivity contribution in [3.05, 3.63) is 23.8 Å². The lowest BCUT2D eigenvalue weighted by molar-refractivity contribution is 0.582. The van der Waals surface area contributed by atoms with Crippen molar-refractivity contribution >= 4 is 5.69 Å². The fourth-order valence-electron chi connectivity index (χ4n) is 1.66. The molecule has 15 heavy (non-hydrogen) atoms. The molecule has 78 valence electrons. The minimum atomic E-state index is -0.400. The monoisotopic (exact) mass is 206 g/mol. The molecule has 1 fully saturated rings. The molecule has 0 spiro atoms. The summed E-state index contributed by atoms with van der Waals surface area (Å²) >= 11 is 0. The molecule has 0 aromatic carbocycles. The zero-order valence-electron chi connectivity index (χ0n) is 8.20. The molecule has 0 radical (unpaired) electrons. The van der Waals surface area contributed by atoms with Crippen LogP contribution < -0.4 is 10.2 Å². The summed E-state index contributed by atoms with van der Waals surface area (Å²) in [6.07, 6.45) is 1.07. The minimum absolute atomic E-state index is 0.290. The Morgan fingerprint density at radius 2 is 2.20 bits per heavy atom. The Kier molecular flexibility index (Phi) is 2.79. The number of nitriles is 1. The van der Waals surface area contributed by atoms with Gasteiger partial charge in [0.05, 0.1) is 11.9 Å². The summed E-state index contributed by atoms with van der Waals surface area (Å²) in [6.45, 7) is 3.25. The maximum Gasteiger partial charge on any atom is 0.163 e. The second kappa shape index (κ2) is 4.24. The van der Waals surface area contributed by atoms with Crippen molar-refractivity contribution in [2.45, 2.75) is 0 Å². The van der Waals surface area contributed by atoms with Crippen LogP contribution >= 0.6 is 0 Å². The fraction of sp³-hybridized carbons (Fsp3) is 0.400. The third kappa shape index (κ3) is 2.05. The van der Waals surface area contributed by atoms with Gasteiger partial charge in [-0.25, -0.2) is 9.37 Å². The Balaban J connectivity index is 2.32. The first-order chi connectivity index (χ1) is 7.31. The molecule has 2 heterocycles. The number of nitrogens with one attached hydrogen (secondary N) is 1. The van der Waals surface area contributed by atoms with Crippen LogP contribution in [0.25, 0.3) is 0 Å². The topological polar surface area (TPSA) is 52.0 Å². The summed E-state index contributed by atoms with van der Waals surface area (Å²) in [4.78, 5) is 5.75. The first kappa shape index (κ1) is 9.87. The molecule has 5 heteroatoms. The van der Waals surface area contributed by atoms with E-state index in [0.29, 0.717) is 11.4 Å². The van der Waals surface area contributed by atoms with Crippen molar-refractivity contribution in [3.63, 3.8) is 0 Å². The molecule has 1 aromatic heterocycles. The highest BCUT2D eigenvalue weighted by Gasteiger charge is 2.15. The number of hydrogen-bond acceptors (Lipinski definition) is 4. The standard InChI is InChI=1S/C10H11FN4/c11-8-5-10(9(6-12)14-7-8)15-3-1-13-2-4-15/h5,7,13H,1-4H2. The minimum Gasteiger partial charge on any atom is -0.367 e. The van der Waals surface area contributed by atoms with Gasteiger partial charge in [-0.05, 0) is 0 Å². The number of nitrogens with zero attached hydrogens (tertiary/aromatic N) is 3. The van der Waals surface area contributed by atoms with Crippen LogP contribution in [-0.4, -0.2) is 31.2 Å². The highest BCUT2D eigenvalue weighted by Crippen LogP contribution is 2.19. The Hall–Kier alpha value is -1.67. The maximum absolute atomic E-state index is 13.0. The summed E-state index contributed by atoms with van der Waals surface area (Å²) in [5.41, 5.74) is 0.886. The van der Waals surface area contributed by atoms with Gasteiger partial charge < -0.3 is 10.2 Å². The van der Waals surface area contributed by atoms with Crippen LogP contribution in [0.1, 0.15) is 5.69 Å². The van der Waals surface area contributed by atoms with E-state index >= 15 is 0 Å². The molecule has 1 aliphatic rings. The van der Waals surface area contributed by atoms with Crippen LogP contribution in [0.2, 0.25) is 0 Å². The summed E-state index contributed by atoms with van der Waals surface area (Å²) in [5.74, 6) is -0.400. The van der Waals surface area contributed by atoms with Gasteiger partial charge in [-0.1, -0.05) is 0 Å². The van der Waals surface area contributed by atoms with Gasteiger partial charge in [0, 0.05) is 32.2 Å². The number of pyridine rings is 1. The average molecular weight is 206 g/mol. The van der Waals surface area contributed by atoms with Crippen LogP contribution in [0.4, 0.5) is 10.1 Å². The van der Waals surface area contributed by atoms with Crippen molar-refractivity contribution < 1.29 is 4.39 Å². The number of halogens is 1. The molecular formula is C10H11FN4. The van der Waals surface area contributed by atoms with Gasteiger partial charge in [0.15, 0.2) is 5.69 Å². The van der Waals surface area contributed by atoms with Crippen molar-refractivity contribution in [2.75, 3.05) is 31.1 Å². The Bertz CT molecular complexity index is 393.